The van der Waals surface area contributed by atoms with E-state index in [-0.39, 0.29) is 5.75 Å². The van der Waals surface area contributed by atoms with Crippen LogP contribution in [0.15, 0.2) is 18.2 Å². The van der Waals surface area contributed by atoms with E-state index in [9.17, 15) is 8.78 Å². The van der Waals surface area contributed by atoms with E-state index in [1.165, 1.54) is 7.11 Å². The van der Waals surface area contributed by atoms with Crippen LogP contribution in [0.1, 0.15) is 13.3 Å². The Kier molecular flexibility index (Phi) is 4.74. The molecule has 0 saturated carbocycles. The summed E-state index contributed by atoms with van der Waals surface area (Å²) < 4.78 is 34.1. The second-order valence-electron chi connectivity index (χ2n) is 4.36. The number of nitrogens with one attached hydrogen (secondary N) is 1. The van der Waals surface area contributed by atoms with Crippen molar-refractivity contribution in [3.8, 4) is 11.5 Å². The Morgan fingerprint density at radius 2 is 2.16 bits per heavy atom. The first-order chi connectivity index (χ1) is 9.10. The van der Waals surface area contributed by atoms with Crippen LogP contribution in [0, 0.1) is 0 Å². The Morgan fingerprint density at radius 3 is 2.74 bits per heavy atom. The third kappa shape index (κ3) is 3.65. The predicted molar refractivity (Wildman–Crippen MR) is 73.6 cm³/mol. The molecule has 1 aliphatic heterocycles. The second kappa shape index (κ2) is 6.32. The number of rotatable bonds is 5. The maximum atomic E-state index is 12.3. The first-order valence-corrected chi connectivity index (χ1v) is 7.16. The van der Waals surface area contributed by atoms with Crippen molar-refractivity contribution < 1.29 is 18.3 Å². The van der Waals surface area contributed by atoms with Crippen LogP contribution in [0.5, 0.6) is 11.5 Å². The predicted octanol–water partition coefficient (Wildman–Crippen LogP) is 3.60. The molecule has 0 radical (unpaired) electrons. The highest BCUT2D eigenvalue weighted by molar-refractivity contribution is 8.00. The Labute approximate surface area is 115 Å². The second-order valence-corrected chi connectivity index (χ2v) is 5.84. The van der Waals surface area contributed by atoms with Crippen molar-refractivity contribution in [3.05, 3.63) is 18.2 Å². The molecule has 2 rings (SSSR count). The van der Waals surface area contributed by atoms with Gasteiger partial charge in [-0.2, -0.15) is 20.5 Å². The maximum Gasteiger partial charge on any atom is 0.387 e. The average molecular weight is 289 g/mol. The lowest BCUT2D eigenvalue weighted by Gasteiger charge is -2.19. The zero-order valence-electron chi connectivity index (χ0n) is 10.9. The standard InChI is InChI=1S/C13H17F2NO2S/c1-8-10(5-6-19-8)16-9-3-4-11(17-2)12(7-9)18-13(14)15/h3-4,7-8,10,13,16H,5-6H2,1-2H3. The molecule has 106 valence electrons. The van der Waals surface area contributed by atoms with Crippen molar-refractivity contribution in [2.75, 3.05) is 18.2 Å². The van der Waals surface area contributed by atoms with Gasteiger partial charge in [0.1, 0.15) is 0 Å². The molecule has 1 heterocycles. The summed E-state index contributed by atoms with van der Waals surface area (Å²) in [6, 6.07) is 5.36. The summed E-state index contributed by atoms with van der Waals surface area (Å²) in [6.07, 6.45) is 1.07. The Balaban J connectivity index is 2.12. The van der Waals surface area contributed by atoms with E-state index in [1.807, 2.05) is 17.8 Å². The van der Waals surface area contributed by atoms with Gasteiger partial charge in [0.05, 0.1) is 7.11 Å². The van der Waals surface area contributed by atoms with Crippen LogP contribution in [-0.2, 0) is 0 Å². The number of hydrogen-bond acceptors (Lipinski definition) is 4. The number of alkyl halides is 2. The van der Waals surface area contributed by atoms with E-state index in [4.69, 9.17) is 4.74 Å². The molecule has 0 amide bonds. The van der Waals surface area contributed by atoms with Crippen molar-refractivity contribution in [2.24, 2.45) is 0 Å². The molecule has 0 aromatic heterocycles. The topological polar surface area (TPSA) is 30.5 Å². The first kappa shape index (κ1) is 14.2. The van der Waals surface area contributed by atoms with Gasteiger partial charge in [0.2, 0.25) is 0 Å². The number of ether oxygens (including phenoxy) is 2. The Hall–Kier alpha value is -1.17. The van der Waals surface area contributed by atoms with Crippen LogP contribution >= 0.6 is 11.8 Å². The van der Waals surface area contributed by atoms with Gasteiger partial charge in [0.25, 0.3) is 0 Å². The molecule has 2 atom stereocenters. The minimum atomic E-state index is -2.86. The average Bonchev–Trinajstić information content (AvgIpc) is 2.75. The fourth-order valence-corrected chi connectivity index (χ4v) is 3.29. The summed E-state index contributed by atoms with van der Waals surface area (Å²) in [7, 11) is 1.43. The van der Waals surface area contributed by atoms with Crippen LogP contribution in [-0.4, -0.2) is 30.8 Å². The normalized spacial score (nSPS) is 22.6. The summed E-state index contributed by atoms with van der Waals surface area (Å²) in [5.74, 6) is 1.48. The SMILES string of the molecule is COc1ccc(NC2CCSC2C)cc1OC(F)F. The van der Waals surface area contributed by atoms with Crippen LogP contribution in [0.25, 0.3) is 0 Å². The minimum absolute atomic E-state index is 0.0563. The maximum absolute atomic E-state index is 12.3. The lowest BCUT2D eigenvalue weighted by atomic mass is 10.1. The molecule has 0 spiro atoms. The van der Waals surface area contributed by atoms with Gasteiger partial charge in [-0.1, -0.05) is 6.92 Å². The van der Waals surface area contributed by atoms with E-state index >= 15 is 0 Å². The number of halogens is 2. The van der Waals surface area contributed by atoms with Gasteiger partial charge < -0.3 is 14.8 Å². The molecular formula is C13H17F2NO2S. The molecule has 1 N–H and O–H groups in total. The van der Waals surface area contributed by atoms with Crippen LogP contribution in [0.3, 0.4) is 0 Å². The minimum Gasteiger partial charge on any atom is -0.493 e. The number of anilines is 1. The van der Waals surface area contributed by atoms with E-state index < -0.39 is 6.61 Å². The zero-order chi connectivity index (χ0) is 13.8. The van der Waals surface area contributed by atoms with Gasteiger partial charge >= 0.3 is 6.61 Å². The fourth-order valence-electron chi connectivity index (χ4n) is 2.09. The monoisotopic (exact) mass is 289 g/mol. The van der Waals surface area contributed by atoms with Crippen molar-refractivity contribution in [1.82, 2.24) is 0 Å². The highest BCUT2D eigenvalue weighted by Crippen LogP contribution is 2.34. The molecule has 19 heavy (non-hydrogen) atoms. The molecule has 1 aromatic carbocycles. The molecule has 2 unspecified atom stereocenters. The van der Waals surface area contributed by atoms with Crippen molar-refractivity contribution in [2.45, 2.75) is 31.2 Å². The van der Waals surface area contributed by atoms with Crippen molar-refractivity contribution >= 4 is 17.4 Å². The van der Waals surface area contributed by atoms with Crippen molar-refractivity contribution in [1.29, 1.82) is 0 Å². The summed E-state index contributed by atoms with van der Waals surface area (Å²) in [4.78, 5) is 0. The summed E-state index contributed by atoms with van der Waals surface area (Å²) in [6.45, 7) is -0.694. The first-order valence-electron chi connectivity index (χ1n) is 6.11. The number of hydrogen-bond donors (Lipinski definition) is 1. The van der Waals surface area contributed by atoms with Gasteiger partial charge in [-0.3, -0.25) is 0 Å². The molecule has 0 aliphatic carbocycles. The molecular weight excluding hydrogens is 272 g/mol. The van der Waals surface area contributed by atoms with Crippen LogP contribution < -0.4 is 14.8 Å². The highest BCUT2D eigenvalue weighted by Gasteiger charge is 2.24. The number of methoxy groups -OCH3 is 1. The number of thioether (sulfide) groups is 1. The van der Waals surface area contributed by atoms with Gasteiger partial charge in [0, 0.05) is 23.0 Å². The summed E-state index contributed by atoms with van der Waals surface area (Å²) in [5, 5.41) is 3.87. The molecule has 1 aliphatic rings. The summed E-state index contributed by atoms with van der Waals surface area (Å²) in [5.41, 5.74) is 0.774. The molecule has 6 heteroatoms. The lowest BCUT2D eigenvalue weighted by Crippen LogP contribution is -2.24. The molecule has 1 aromatic rings. The van der Waals surface area contributed by atoms with Gasteiger partial charge in [-0.15, -0.1) is 0 Å². The fraction of sp³-hybridized carbons (Fsp3) is 0.538. The van der Waals surface area contributed by atoms with Gasteiger partial charge in [0.15, 0.2) is 11.5 Å². The smallest absolute Gasteiger partial charge is 0.387 e. The van der Waals surface area contributed by atoms with Crippen LogP contribution in [0.4, 0.5) is 14.5 Å². The highest BCUT2D eigenvalue weighted by atomic mass is 32.2. The van der Waals surface area contributed by atoms with E-state index in [0.29, 0.717) is 17.0 Å². The zero-order valence-corrected chi connectivity index (χ0v) is 11.7. The van der Waals surface area contributed by atoms with E-state index in [2.05, 4.69) is 17.0 Å². The third-order valence-corrected chi connectivity index (χ3v) is 4.43. The molecule has 3 nitrogen and oxygen atoms in total. The lowest BCUT2D eigenvalue weighted by molar-refractivity contribution is -0.0511. The van der Waals surface area contributed by atoms with Gasteiger partial charge in [-0.25, -0.2) is 0 Å². The Morgan fingerprint density at radius 1 is 1.37 bits per heavy atom. The molecule has 0 bridgehead atoms. The van der Waals surface area contributed by atoms with E-state index in [1.54, 1.807) is 12.1 Å². The summed E-state index contributed by atoms with van der Waals surface area (Å²) >= 11 is 1.91. The molecule has 1 fully saturated rings. The van der Waals surface area contributed by atoms with Crippen molar-refractivity contribution in [3.63, 3.8) is 0 Å². The molecule has 1 saturated heterocycles. The van der Waals surface area contributed by atoms with E-state index in [0.717, 1.165) is 17.9 Å². The largest absolute Gasteiger partial charge is 0.493 e. The quantitative estimate of drug-likeness (QED) is 0.897. The third-order valence-electron chi connectivity index (χ3n) is 3.11. The van der Waals surface area contributed by atoms with Gasteiger partial charge in [-0.05, 0) is 24.3 Å². The van der Waals surface area contributed by atoms with Crippen LogP contribution in [0.2, 0.25) is 0 Å². The Bertz CT molecular complexity index is 431. The number of benzene rings is 1.